The number of urea groups is 1. The lowest BCUT2D eigenvalue weighted by Gasteiger charge is -2.28. The van der Waals surface area contributed by atoms with Crippen LogP contribution in [0.4, 0.5) is 23.7 Å². The number of fused-ring (bicyclic) bond motifs is 1. The highest BCUT2D eigenvalue weighted by Gasteiger charge is 2.39. The zero-order valence-electron chi connectivity index (χ0n) is 18.1. The molecule has 3 N–H and O–H groups in total. The maximum absolute atomic E-state index is 12.6. The third-order valence-corrected chi connectivity index (χ3v) is 5.56. The molecule has 0 radical (unpaired) electrons. The summed E-state index contributed by atoms with van der Waals surface area (Å²) in [5.74, 6) is -3.54. The van der Waals surface area contributed by atoms with Crippen molar-refractivity contribution in [3.63, 3.8) is 0 Å². The van der Waals surface area contributed by atoms with Gasteiger partial charge in [-0.2, -0.15) is 13.2 Å². The number of carbonyl (C=O) groups excluding carboxylic acids is 1. The quantitative estimate of drug-likeness (QED) is 0.608. The zero-order valence-corrected chi connectivity index (χ0v) is 18.1. The number of anilines is 1. The number of nitrogens with zero attached hydrogens (tertiary/aromatic N) is 2. The predicted octanol–water partition coefficient (Wildman–Crippen LogP) is 3.22. The van der Waals surface area contributed by atoms with Gasteiger partial charge >= 0.3 is 24.1 Å². The van der Waals surface area contributed by atoms with Crippen molar-refractivity contribution >= 4 is 23.7 Å². The summed E-state index contributed by atoms with van der Waals surface area (Å²) in [4.78, 5) is 36.0. The number of rotatable bonds is 5. The Bertz CT molecular complexity index is 1030. The summed E-state index contributed by atoms with van der Waals surface area (Å²) < 4.78 is 31.7. The molecule has 11 heteroatoms. The highest BCUT2D eigenvalue weighted by molar-refractivity contribution is 5.95. The van der Waals surface area contributed by atoms with Crippen molar-refractivity contribution in [2.45, 2.75) is 25.1 Å². The Morgan fingerprint density at radius 1 is 1.00 bits per heavy atom. The van der Waals surface area contributed by atoms with Gasteiger partial charge in [-0.25, -0.2) is 9.59 Å². The van der Waals surface area contributed by atoms with Crippen LogP contribution in [0.5, 0.6) is 0 Å². The van der Waals surface area contributed by atoms with Crippen molar-refractivity contribution in [3.05, 3.63) is 54.1 Å². The lowest BCUT2D eigenvalue weighted by atomic mass is 10.0. The van der Waals surface area contributed by atoms with E-state index in [1.807, 2.05) is 58.3 Å². The van der Waals surface area contributed by atoms with Gasteiger partial charge in [0.25, 0.3) is 0 Å². The van der Waals surface area contributed by atoms with Crippen LogP contribution < -0.4 is 10.2 Å². The van der Waals surface area contributed by atoms with Gasteiger partial charge in [0, 0.05) is 38.3 Å². The number of carboxylic acids is 2. The first-order valence-corrected chi connectivity index (χ1v) is 10.6. The minimum atomic E-state index is -5.08. The second-order valence-electron chi connectivity index (χ2n) is 7.88. The topological polar surface area (TPSA) is 110 Å². The number of aliphatic carboxylic acids is 2. The Balaban J connectivity index is 0.000000406. The minimum absolute atomic E-state index is 0.0945. The summed E-state index contributed by atoms with van der Waals surface area (Å²) in [5, 5.41) is 19.2. The van der Waals surface area contributed by atoms with Crippen molar-refractivity contribution < 1.29 is 37.8 Å². The lowest BCUT2D eigenvalue weighted by molar-refractivity contribution is -0.192. The molecule has 2 amide bonds. The molecule has 182 valence electrons. The molecule has 1 atom stereocenters. The average Bonchev–Trinajstić information content (AvgIpc) is 3.14. The Morgan fingerprint density at radius 2 is 1.56 bits per heavy atom. The standard InChI is InChI=1S/C21H23N3O3.C2HF3O2/c25-20(26)10-3-15-1-4-16(5-2-15)17-6-8-18(9-7-17)24-14-19-13-22-11-12-23(19)21(24)27;3-2(4,5)1(6)7/h1-2,4-9,19,22H,3,10-14H2,(H,25,26);(H,6,7)/t19-;/m0./s1. The first-order valence-electron chi connectivity index (χ1n) is 10.6. The van der Waals surface area contributed by atoms with Gasteiger partial charge in [0.1, 0.15) is 0 Å². The average molecular weight is 479 g/mol. The van der Waals surface area contributed by atoms with E-state index in [2.05, 4.69) is 5.32 Å². The van der Waals surface area contributed by atoms with E-state index in [9.17, 15) is 22.8 Å². The van der Waals surface area contributed by atoms with E-state index in [-0.39, 0.29) is 18.5 Å². The summed E-state index contributed by atoms with van der Waals surface area (Å²) in [6.07, 6.45) is -4.40. The number of hydrogen-bond acceptors (Lipinski definition) is 4. The molecular weight excluding hydrogens is 455 g/mol. The van der Waals surface area contributed by atoms with Crippen molar-refractivity contribution in [3.8, 4) is 11.1 Å². The molecule has 0 bridgehead atoms. The van der Waals surface area contributed by atoms with Gasteiger partial charge in [-0.15, -0.1) is 0 Å². The summed E-state index contributed by atoms with van der Waals surface area (Å²) in [6, 6.07) is 16.4. The van der Waals surface area contributed by atoms with Crippen LogP contribution in [-0.2, 0) is 16.0 Å². The van der Waals surface area contributed by atoms with Gasteiger partial charge in [0.2, 0.25) is 0 Å². The number of benzene rings is 2. The fourth-order valence-corrected chi connectivity index (χ4v) is 3.78. The van der Waals surface area contributed by atoms with Crippen molar-refractivity contribution in [2.75, 3.05) is 31.1 Å². The molecule has 2 aliphatic heterocycles. The third-order valence-electron chi connectivity index (χ3n) is 5.56. The molecule has 2 saturated heterocycles. The molecule has 2 aromatic rings. The predicted molar refractivity (Wildman–Crippen MR) is 118 cm³/mol. The molecule has 2 aromatic carbocycles. The summed E-state index contributed by atoms with van der Waals surface area (Å²) in [5.41, 5.74) is 4.10. The zero-order chi connectivity index (χ0) is 24.9. The van der Waals surface area contributed by atoms with E-state index in [1.165, 1.54) is 0 Å². The molecule has 0 aliphatic carbocycles. The summed E-state index contributed by atoms with van der Waals surface area (Å²) in [6.45, 7) is 3.21. The van der Waals surface area contributed by atoms with Crippen molar-refractivity contribution in [1.29, 1.82) is 0 Å². The number of piperazine rings is 1. The number of aryl methyl sites for hydroxylation is 1. The number of alkyl halides is 3. The molecule has 2 heterocycles. The Hall–Kier alpha value is -3.60. The van der Waals surface area contributed by atoms with Crippen LogP contribution in [0.1, 0.15) is 12.0 Å². The molecular formula is C23H24F3N3O5. The van der Waals surface area contributed by atoms with Gasteiger partial charge in [-0.1, -0.05) is 36.4 Å². The number of halogens is 3. The summed E-state index contributed by atoms with van der Waals surface area (Å²) in [7, 11) is 0. The van der Waals surface area contributed by atoms with Crippen LogP contribution in [0.3, 0.4) is 0 Å². The fraction of sp³-hybridized carbons (Fsp3) is 0.348. The highest BCUT2D eigenvalue weighted by Crippen LogP contribution is 2.28. The smallest absolute Gasteiger partial charge is 0.481 e. The second kappa shape index (κ2) is 10.6. The van der Waals surface area contributed by atoms with Crippen LogP contribution in [-0.4, -0.2) is 71.5 Å². The molecule has 34 heavy (non-hydrogen) atoms. The van der Waals surface area contributed by atoms with E-state index in [0.717, 1.165) is 48.6 Å². The van der Waals surface area contributed by atoms with Crippen LogP contribution in [0, 0.1) is 0 Å². The third kappa shape index (κ3) is 6.25. The van der Waals surface area contributed by atoms with Gasteiger partial charge < -0.3 is 20.4 Å². The SMILES string of the molecule is O=C(O)C(F)(F)F.O=C(O)CCc1ccc(-c2ccc(N3C[C@@H]4CNCCN4C3=O)cc2)cc1. The molecule has 4 rings (SSSR count). The first-order chi connectivity index (χ1) is 16.1. The van der Waals surface area contributed by atoms with Crippen LogP contribution in [0.15, 0.2) is 48.5 Å². The Kier molecular flexibility index (Phi) is 7.77. The number of carbonyl (C=O) groups is 3. The van der Waals surface area contributed by atoms with E-state index in [0.29, 0.717) is 6.42 Å². The number of amides is 2. The van der Waals surface area contributed by atoms with Gasteiger partial charge in [-0.05, 0) is 35.2 Å². The van der Waals surface area contributed by atoms with E-state index < -0.39 is 18.1 Å². The largest absolute Gasteiger partial charge is 0.490 e. The van der Waals surface area contributed by atoms with Gasteiger partial charge in [0.05, 0.1) is 6.04 Å². The normalized spacial score (nSPS) is 17.6. The van der Waals surface area contributed by atoms with Gasteiger partial charge in [-0.3, -0.25) is 9.69 Å². The maximum atomic E-state index is 12.6. The summed E-state index contributed by atoms with van der Waals surface area (Å²) >= 11 is 0. The Labute approximate surface area is 193 Å². The molecule has 0 saturated carbocycles. The van der Waals surface area contributed by atoms with E-state index in [1.54, 1.807) is 0 Å². The van der Waals surface area contributed by atoms with E-state index >= 15 is 0 Å². The second-order valence-corrected chi connectivity index (χ2v) is 7.88. The molecule has 8 nitrogen and oxygen atoms in total. The fourth-order valence-electron chi connectivity index (χ4n) is 3.78. The number of carboxylic acid groups (broad SMARTS) is 2. The first kappa shape index (κ1) is 25.0. The molecule has 0 spiro atoms. The van der Waals surface area contributed by atoms with Crippen LogP contribution >= 0.6 is 0 Å². The minimum Gasteiger partial charge on any atom is -0.481 e. The number of nitrogens with one attached hydrogen (secondary N) is 1. The number of hydrogen-bond donors (Lipinski definition) is 3. The molecule has 2 fully saturated rings. The van der Waals surface area contributed by atoms with Crippen LogP contribution in [0.2, 0.25) is 0 Å². The molecule has 0 aromatic heterocycles. The van der Waals surface area contributed by atoms with E-state index in [4.69, 9.17) is 15.0 Å². The molecule has 2 aliphatic rings. The highest BCUT2D eigenvalue weighted by atomic mass is 19.4. The monoisotopic (exact) mass is 479 g/mol. The lowest BCUT2D eigenvalue weighted by Crippen LogP contribution is -2.49. The Morgan fingerprint density at radius 3 is 2.06 bits per heavy atom. The van der Waals surface area contributed by atoms with Crippen LogP contribution in [0.25, 0.3) is 11.1 Å². The molecule has 0 unspecified atom stereocenters. The van der Waals surface area contributed by atoms with Gasteiger partial charge in [0.15, 0.2) is 0 Å². The van der Waals surface area contributed by atoms with Crippen molar-refractivity contribution in [2.24, 2.45) is 0 Å². The van der Waals surface area contributed by atoms with Crippen molar-refractivity contribution in [1.82, 2.24) is 10.2 Å². The maximum Gasteiger partial charge on any atom is 0.490 e.